The van der Waals surface area contributed by atoms with E-state index in [1.165, 1.54) is 32.1 Å². The molecule has 0 aromatic heterocycles. The Kier molecular flexibility index (Phi) is 4.43. The molecule has 28 heavy (non-hydrogen) atoms. The largest absolute Gasteiger partial charge is 0.393 e. The predicted octanol–water partition coefficient (Wildman–Crippen LogP) is 5.55. The molecule has 0 heterocycles. The quantitative estimate of drug-likeness (QED) is 0.626. The number of hydrogen-bond donors (Lipinski definition) is 2. The van der Waals surface area contributed by atoms with Crippen LogP contribution < -0.4 is 5.73 Å². The lowest BCUT2D eigenvalue weighted by molar-refractivity contribution is -0.138. The van der Waals surface area contributed by atoms with Gasteiger partial charge in [0, 0.05) is 5.54 Å². The van der Waals surface area contributed by atoms with Gasteiger partial charge in [-0.3, -0.25) is 0 Å². The Morgan fingerprint density at radius 1 is 1.07 bits per heavy atom. The Morgan fingerprint density at radius 2 is 1.86 bits per heavy atom. The van der Waals surface area contributed by atoms with Crippen molar-refractivity contribution in [2.75, 3.05) is 0 Å². The summed E-state index contributed by atoms with van der Waals surface area (Å²) in [5.41, 5.74) is 8.19. The summed E-state index contributed by atoms with van der Waals surface area (Å²) in [5.74, 6) is 5.59. The number of hydrogen-bond acceptors (Lipinski definition) is 2. The van der Waals surface area contributed by atoms with Gasteiger partial charge in [-0.05, 0) is 110 Å². The molecular weight excluding hydrogens is 342 g/mol. The van der Waals surface area contributed by atoms with Crippen LogP contribution in [0, 0.1) is 52.3 Å². The van der Waals surface area contributed by atoms with Crippen LogP contribution in [0.3, 0.4) is 0 Å². The molecule has 5 saturated carbocycles. The smallest absolute Gasteiger partial charge is 0.0544 e. The molecule has 0 spiro atoms. The van der Waals surface area contributed by atoms with E-state index in [0.29, 0.717) is 22.7 Å². The van der Waals surface area contributed by atoms with Crippen molar-refractivity contribution in [3.05, 3.63) is 12.2 Å². The Hall–Kier alpha value is -0.340. The van der Waals surface area contributed by atoms with Crippen molar-refractivity contribution in [3.8, 4) is 0 Å². The second-order valence-corrected chi connectivity index (χ2v) is 11.8. The van der Waals surface area contributed by atoms with Crippen molar-refractivity contribution in [1.29, 1.82) is 0 Å². The molecule has 158 valence electrons. The van der Waals surface area contributed by atoms with E-state index in [4.69, 9.17) is 5.73 Å². The summed E-state index contributed by atoms with van der Waals surface area (Å²) < 4.78 is 0. The van der Waals surface area contributed by atoms with Crippen LogP contribution in [0.15, 0.2) is 12.2 Å². The van der Waals surface area contributed by atoms with Crippen molar-refractivity contribution in [3.63, 3.8) is 0 Å². The van der Waals surface area contributed by atoms with Gasteiger partial charge < -0.3 is 10.8 Å². The van der Waals surface area contributed by atoms with Crippen LogP contribution in [0.2, 0.25) is 0 Å². The lowest BCUT2D eigenvalue weighted by atomic mass is 9.41. The highest BCUT2D eigenvalue weighted by Gasteiger charge is 2.75. The molecule has 0 radical (unpaired) electrons. The molecule has 2 heteroatoms. The van der Waals surface area contributed by atoms with Gasteiger partial charge in [0.1, 0.15) is 0 Å². The third-order valence-electron chi connectivity index (χ3n) is 11.1. The van der Waals surface area contributed by atoms with E-state index in [1.54, 1.807) is 0 Å². The van der Waals surface area contributed by atoms with E-state index in [9.17, 15) is 5.11 Å². The summed E-state index contributed by atoms with van der Waals surface area (Å²) in [6, 6.07) is 0. The molecule has 11 atom stereocenters. The molecule has 10 unspecified atom stereocenters. The van der Waals surface area contributed by atoms with Gasteiger partial charge in [0.25, 0.3) is 0 Å². The number of fused-ring (bicyclic) bond motifs is 7. The summed E-state index contributed by atoms with van der Waals surface area (Å²) >= 11 is 0. The van der Waals surface area contributed by atoms with E-state index in [0.717, 1.165) is 55.3 Å². The zero-order valence-corrected chi connectivity index (χ0v) is 18.7. The van der Waals surface area contributed by atoms with E-state index >= 15 is 0 Å². The molecule has 5 aliphatic carbocycles. The van der Waals surface area contributed by atoms with Gasteiger partial charge in [0.15, 0.2) is 0 Å². The van der Waals surface area contributed by atoms with Gasteiger partial charge in [-0.25, -0.2) is 0 Å². The minimum absolute atomic E-state index is 0.00105. The van der Waals surface area contributed by atoms with Crippen molar-refractivity contribution < 1.29 is 5.11 Å². The Bertz CT molecular complexity index is 659. The Balaban J connectivity index is 1.54. The Morgan fingerprint density at radius 3 is 2.57 bits per heavy atom. The van der Waals surface area contributed by atoms with E-state index in [2.05, 4.69) is 39.8 Å². The maximum atomic E-state index is 10.3. The number of rotatable bonds is 3. The molecule has 3 N–H and O–H groups in total. The van der Waals surface area contributed by atoms with Crippen molar-refractivity contribution in [2.45, 2.75) is 97.1 Å². The third-order valence-corrected chi connectivity index (χ3v) is 11.1. The first-order valence-electron chi connectivity index (χ1n) is 12.5. The lowest BCUT2D eigenvalue weighted by Crippen LogP contribution is -2.66. The molecule has 2 nitrogen and oxygen atoms in total. The fraction of sp³-hybridized carbons (Fsp3) is 0.923. The normalized spacial score (nSPS) is 60.1. The summed E-state index contributed by atoms with van der Waals surface area (Å²) in [7, 11) is 0. The maximum absolute atomic E-state index is 10.3. The summed E-state index contributed by atoms with van der Waals surface area (Å²) in [6.07, 6.45) is 15.9. The fourth-order valence-corrected chi connectivity index (χ4v) is 9.90. The Labute approximate surface area is 172 Å². The first-order chi connectivity index (χ1) is 13.3. The molecule has 0 amide bonds. The van der Waals surface area contributed by atoms with Crippen molar-refractivity contribution in [2.24, 2.45) is 58.0 Å². The molecule has 5 aliphatic rings. The van der Waals surface area contributed by atoms with Gasteiger partial charge in [0.2, 0.25) is 0 Å². The van der Waals surface area contributed by atoms with Crippen LogP contribution in [0.25, 0.3) is 0 Å². The first kappa shape index (κ1) is 19.6. The topological polar surface area (TPSA) is 46.2 Å². The van der Waals surface area contributed by atoms with E-state index in [1.807, 2.05) is 0 Å². The van der Waals surface area contributed by atoms with E-state index < -0.39 is 0 Å². The highest BCUT2D eigenvalue weighted by molar-refractivity contribution is 5.29. The molecule has 5 rings (SSSR count). The first-order valence-corrected chi connectivity index (χ1v) is 12.5. The second kappa shape index (κ2) is 6.33. The van der Waals surface area contributed by atoms with Crippen LogP contribution in [-0.2, 0) is 0 Å². The van der Waals surface area contributed by atoms with Gasteiger partial charge in [-0.2, -0.15) is 0 Å². The monoisotopic (exact) mass is 385 g/mol. The molecule has 5 fully saturated rings. The zero-order chi connectivity index (χ0) is 19.9. The van der Waals surface area contributed by atoms with Crippen LogP contribution in [0.4, 0.5) is 0 Å². The highest BCUT2D eigenvalue weighted by atomic mass is 16.3. The minimum Gasteiger partial charge on any atom is -0.393 e. The van der Waals surface area contributed by atoms with Crippen molar-refractivity contribution >= 4 is 0 Å². The lowest BCUT2D eigenvalue weighted by Gasteiger charge is -2.64. The highest BCUT2D eigenvalue weighted by Crippen LogP contribution is 2.81. The van der Waals surface area contributed by atoms with Crippen LogP contribution >= 0.6 is 0 Å². The van der Waals surface area contributed by atoms with Gasteiger partial charge in [0.05, 0.1) is 6.10 Å². The van der Waals surface area contributed by atoms with Gasteiger partial charge in [-0.1, -0.05) is 39.8 Å². The molecule has 0 saturated heterocycles. The maximum Gasteiger partial charge on any atom is 0.0544 e. The fourth-order valence-electron chi connectivity index (χ4n) is 9.90. The summed E-state index contributed by atoms with van der Waals surface area (Å²) in [4.78, 5) is 0. The average Bonchev–Trinajstić information content (AvgIpc) is 3.44. The molecule has 0 aromatic carbocycles. The number of aliphatic hydroxyl groups excluding tert-OH is 1. The average molecular weight is 386 g/mol. The molecule has 0 bridgehead atoms. The summed E-state index contributed by atoms with van der Waals surface area (Å²) in [5, 5.41) is 10.3. The number of nitrogens with two attached hydrogens (primary N) is 1. The third kappa shape index (κ3) is 2.28. The van der Waals surface area contributed by atoms with Crippen molar-refractivity contribution in [1.82, 2.24) is 0 Å². The van der Waals surface area contributed by atoms with E-state index in [-0.39, 0.29) is 11.6 Å². The standard InChI is InChI=1S/C26H43NO/c1-5-7-10-24(4)21-15-19(21)23-22-16(3)13-17-14-18(28)8-12-26(17,27)20(22)9-11-25(23,24)6-2/h7,10,16-23,28H,5-6,8-9,11-15,27H2,1-4H3/b10-7-/t16-,17?,18?,19?,20?,21?,22?,23?,24?,25?,26?/m0/s1. The SMILES string of the molecule is CC/C=C\C1(C)C2CC2C2C3C(CCC21CC)C1(N)CCC(O)CC1C[C@@H]3C. The predicted molar refractivity (Wildman–Crippen MR) is 116 cm³/mol. The number of aliphatic hydroxyl groups is 1. The molecule has 0 aromatic rings. The van der Waals surface area contributed by atoms with Gasteiger partial charge >= 0.3 is 0 Å². The zero-order valence-electron chi connectivity index (χ0n) is 18.7. The van der Waals surface area contributed by atoms with Crippen LogP contribution in [0.5, 0.6) is 0 Å². The molecular formula is C26H43NO. The summed E-state index contributed by atoms with van der Waals surface area (Å²) in [6.45, 7) is 9.94. The number of allylic oxidation sites excluding steroid dienone is 2. The minimum atomic E-state index is -0.106. The second-order valence-electron chi connectivity index (χ2n) is 11.8. The molecule has 0 aliphatic heterocycles. The van der Waals surface area contributed by atoms with Crippen LogP contribution in [-0.4, -0.2) is 16.7 Å². The van der Waals surface area contributed by atoms with Crippen LogP contribution in [0.1, 0.15) is 85.5 Å². The van der Waals surface area contributed by atoms with Gasteiger partial charge in [-0.15, -0.1) is 0 Å².